The average Bonchev–Trinajstić information content (AvgIpc) is 3.04. The maximum atomic E-state index is 13.1. The van der Waals surface area contributed by atoms with Gasteiger partial charge in [0.05, 0.1) is 6.04 Å². The lowest BCUT2D eigenvalue weighted by Gasteiger charge is -2.28. The van der Waals surface area contributed by atoms with Crippen LogP contribution in [0.3, 0.4) is 0 Å². The molecule has 0 fully saturated rings. The molecule has 1 aliphatic heterocycles. The number of Topliss-reactive ketones (excluding diaryl/α,β-unsaturated/α-hetero) is 1. The number of pyridine rings is 1. The molecule has 4 rings (SSSR count). The lowest BCUT2D eigenvalue weighted by molar-refractivity contribution is -0.119. The Bertz CT molecular complexity index is 1060. The Morgan fingerprint density at radius 2 is 1.76 bits per heavy atom. The number of fused-ring (bicyclic) bond motifs is 1. The van der Waals surface area contributed by atoms with Crippen molar-refractivity contribution in [3.05, 3.63) is 100 Å². The van der Waals surface area contributed by atoms with Crippen molar-refractivity contribution in [1.82, 2.24) is 9.88 Å². The van der Waals surface area contributed by atoms with E-state index >= 15 is 0 Å². The molecule has 0 spiro atoms. The minimum Gasteiger partial charge on any atom is -0.327 e. The monoisotopic (exact) mass is 384 g/mol. The van der Waals surface area contributed by atoms with E-state index in [1.54, 1.807) is 0 Å². The fourth-order valence-electron chi connectivity index (χ4n) is 3.91. The largest absolute Gasteiger partial charge is 0.327 e. The van der Waals surface area contributed by atoms with Crippen LogP contribution in [0.2, 0.25) is 0 Å². The van der Waals surface area contributed by atoms with Gasteiger partial charge in [-0.2, -0.15) is 0 Å². The highest BCUT2D eigenvalue weighted by atomic mass is 16.2. The highest BCUT2D eigenvalue weighted by Crippen LogP contribution is 2.34. The molecule has 0 saturated carbocycles. The van der Waals surface area contributed by atoms with Crippen molar-refractivity contribution in [3.63, 3.8) is 0 Å². The molecular weight excluding hydrogens is 360 g/mol. The molecule has 1 amide bonds. The van der Waals surface area contributed by atoms with Gasteiger partial charge in [-0.25, -0.2) is 0 Å². The SMILES string of the molecule is Cc1ccc(C(CC(=O)Cc2cccc(C)n2)N2Cc3ccccc3C2=O)cc1. The quantitative estimate of drug-likeness (QED) is 0.624. The van der Waals surface area contributed by atoms with Gasteiger partial charge >= 0.3 is 0 Å². The zero-order valence-corrected chi connectivity index (χ0v) is 16.8. The standard InChI is InChI=1S/C25H24N2O2/c1-17-10-12-19(13-11-17)24(15-22(28)14-21-8-5-6-18(2)26-21)27-16-20-7-3-4-9-23(20)25(27)29/h3-13,24H,14-16H2,1-2H3. The van der Waals surface area contributed by atoms with Gasteiger partial charge in [-0.3, -0.25) is 14.6 Å². The predicted molar refractivity (Wildman–Crippen MR) is 113 cm³/mol. The van der Waals surface area contributed by atoms with Crippen molar-refractivity contribution >= 4 is 11.7 Å². The minimum atomic E-state index is -0.284. The van der Waals surface area contributed by atoms with E-state index in [1.165, 1.54) is 0 Å². The maximum absolute atomic E-state index is 13.1. The first-order valence-corrected chi connectivity index (χ1v) is 9.91. The molecule has 146 valence electrons. The first-order valence-electron chi connectivity index (χ1n) is 9.91. The number of carbonyl (C=O) groups excluding carboxylic acids is 2. The summed E-state index contributed by atoms with van der Waals surface area (Å²) in [5.74, 6) is 0.0742. The van der Waals surface area contributed by atoms with E-state index < -0.39 is 0 Å². The molecule has 0 N–H and O–H groups in total. The van der Waals surface area contributed by atoms with E-state index in [9.17, 15) is 9.59 Å². The van der Waals surface area contributed by atoms with Gasteiger partial charge in [0.2, 0.25) is 0 Å². The number of ketones is 1. The lowest BCUT2D eigenvalue weighted by Crippen LogP contribution is -2.31. The Kier molecular flexibility index (Phi) is 5.26. The molecule has 0 bridgehead atoms. The van der Waals surface area contributed by atoms with Crippen molar-refractivity contribution in [2.45, 2.75) is 39.3 Å². The maximum Gasteiger partial charge on any atom is 0.255 e. The zero-order valence-electron chi connectivity index (χ0n) is 16.8. The molecular formula is C25H24N2O2. The molecule has 3 aromatic rings. The third-order valence-electron chi connectivity index (χ3n) is 5.43. The van der Waals surface area contributed by atoms with Gasteiger partial charge in [-0.15, -0.1) is 0 Å². The van der Waals surface area contributed by atoms with E-state index in [-0.39, 0.29) is 30.6 Å². The summed E-state index contributed by atoms with van der Waals surface area (Å²) in [6.45, 7) is 4.48. The van der Waals surface area contributed by atoms with E-state index in [1.807, 2.05) is 85.5 Å². The van der Waals surface area contributed by atoms with E-state index in [0.717, 1.165) is 33.6 Å². The van der Waals surface area contributed by atoms with Gasteiger partial charge in [0.25, 0.3) is 5.91 Å². The van der Waals surface area contributed by atoms with Crippen LogP contribution in [0.25, 0.3) is 0 Å². The molecule has 0 aliphatic carbocycles. The smallest absolute Gasteiger partial charge is 0.255 e. The fraction of sp³-hybridized carbons (Fsp3) is 0.240. The number of aromatic nitrogens is 1. The van der Waals surface area contributed by atoms with Gasteiger partial charge in [-0.1, -0.05) is 54.1 Å². The molecule has 1 atom stereocenters. The van der Waals surface area contributed by atoms with Crippen LogP contribution in [0.5, 0.6) is 0 Å². The summed E-state index contributed by atoms with van der Waals surface area (Å²) < 4.78 is 0. The second kappa shape index (κ2) is 8.00. The molecule has 1 unspecified atom stereocenters. The third-order valence-corrected chi connectivity index (χ3v) is 5.43. The van der Waals surface area contributed by atoms with E-state index in [0.29, 0.717) is 6.54 Å². The van der Waals surface area contributed by atoms with Crippen molar-refractivity contribution < 1.29 is 9.59 Å². The van der Waals surface area contributed by atoms with Crippen molar-refractivity contribution in [2.75, 3.05) is 0 Å². The number of hydrogen-bond donors (Lipinski definition) is 0. The Hall–Kier alpha value is -3.27. The van der Waals surface area contributed by atoms with Crippen LogP contribution < -0.4 is 0 Å². The summed E-state index contributed by atoms with van der Waals surface area (Å²) in [7, 11) is 0. The lowest BCUT2D eigenvalue weighted by atomic mass is 9.97. The van der Waals surface area contributed by atoms with Crippen molar-refractivity contribution in [2.24, 2.45) is 0 Å². The highest BCUT2D eigenvalue weighted by Gasteiger charge is 2.34. The molecule has 1 aromatic heterocycles. The summed E-state index contributed by atoms with van der Waals surface area (Å²) in [5, 5.41) is 0. The number of nitrogens with zero attached hydrogens (tertiary/aromatic N) is 2. The number of amides is 1. The highest BCUT2D eigenvalue weighted by molar-refractivity contribution is 5.99. The zero-order chi connectivity index (χ0) is 20.4. The van der Waals surface area contributed by atoms with Crippen LogP contribution in [0.4, 0.5) is 0 Å². The average molecular weight is 384 g/mol. The van der Waals surface area contributed by atoms with Crippen molar-refractivity contribution in [1.29, 1.82) is 0 Å². The summed E-state index contributed by atoms with van der Waals surface area (Å²) in [4.78, 5) is 32.3. The fourth-order valence-corrected chi connectivity index (χ4v) is 3.91. The summed E-state index contributed by atoms with van der Waals surface area (Å²) in [5.41, 5.74) is 5.56. The number of hydrogen-bond acceptors (Lipinski definition) is 3. The van der Waals surface area contributed by atoms with Gasteiger partial charge < -0.3 is 4.90 Å². The molecule has 0 radical (unpaired) electrons. The summed E-state index contributed by atoms with van der Waals surface area (Å²) in [6.07, 6.45) is 0.553. The van der Waals surface area contributed by atoms with Gasteiger partial charge in [0, 0.05) is 36.3 Å². The van der Waals surface area contributed by atoms with Gasteiger partial charge in [0.1, 0.15) is 5.78 Å². The number of benzene rings is 2. The molecule has 29 heavy (non-hydrogen) atoms. The summed E-state index contributed by atoms with van der Waals surface area (Å²) >= 11 is 0. The molecule has 2 heterocycles. The van der Waals surface area contributed by atoms with Crippen LogP contribution in [0, 0.1) is 13.8 Å². The van der Waals surface area contributed by atoms with Crippen LogP contribution in [-0.2, 0) is 17.8 Å². The number of carbonyl (C=O) groups is 2. The summed E-state index contributed by atoms with van der Waals surface area (Å²) in [6, 6.07) is 21.2. The molecule has 4 heteroatoms. The molecule has 1 aliphatic rings. The first kappa shape index (κ1) is 19.1. The topological polar surface area (TPSA) is 50.3 Å². The molecule has 2 aromatic carbocycles. The van der Waals surface area contributed by atoms with E-state index in [2.05, 4.69) is 4.98 Å². The molecule has 4 nitrogen and oxygen atoms in total. The second-order valence-electron chi connectivity index (χ2n) is 7.71. The first-order chi connectivity index (χ1) is 14.0. The normalized spacial score (nSPS) is 14.0. The number of rotatable bonds is 6. The Morgan fingerprint density at radius 3 is 2.48 bits per heavy atom. The van der Waals surface area contributed by atoms with Crippen molar-refractivity contribution in [3.8, 4) is 0 Å². The predicted octanol–water partition coefficient (Wildman–Crippen LogP) is 4.60. The Morgan fingerprint density at radius 1 is 1.00 bits per heavy atom. The van der Waals surface area contributed by atoms with Crippen LogP contribution in [0.1, 0.15) is 50.9 Å². The third kappa shape index (κ3) is 4.11. The van der Waals surface area contributed by atoms with Crippen LogP contribution in [0.15, 0.2) is 66.7 Å². The Labute approximate surface area is 171 Å². The Balaban J connectivity index is 1.60. The second-order valence-corrected chi connectivity index (χ2v) is 7.71. The number of aryl methyl sites for hydroxylation is 2. The van der Waals surface area contributed by atoms with Crippen LogP contribution in [-0.4, -0.2) is 21.6 Å². The van der Waals surface area contributed by atoms with Gasteiger partial charge in [-0.05, 0) is 43.2 Å². The van der Waals surface area contributed by atoms with Crippen LogP contribution >= 0.6 is 0 Å². The molecule has 0 saturated heterocycles. The van der Waals surface area contributed by atoms with E-state index in [4.69, 9.17) is 0 Å². The minimum absolute atomic E-state index is 0.00680. The van der Waals surface area contributed by atoms with Gasteiger partial charge in [0.15, 0.2) is 0 Å².